The quantitative estimate of drug-likeness (QED) is 0.451. The summed E-state index contributed by atoms with van der Waals surface area (Å²) in [6.07, 6.45) is 7.00. The molecule has 4 heterocycles. The third-order valence-corrected chi connectivity index (χ3v) is 4.93. The second-order valence-electron chi connectivity index (χ2n) is 7.04. The van der Waals surface area contributed by atoms with E-state index in [-0.39, 0.29) is 18.5 Å². The summed E-state index contributed by atoms with van der Waals surface area (Å²) < 4.78 is 1.66. The fourth-order valence-electron chi connectivity index (χ4n) is 3.27. The monoisotopic (exact) mass is 390 g/mol. The van der Waals surface area contributed by atoms with Gasteiger partial charge in [-0.15, -0.1) is 0 Å². The predicted octanol–water partition coefficient (Wildman–Crippen LogP) is 3.53. The van der Waals surface area contributed by atoms with Gasteiger partial charge in [0, 0.05) is 35.6 Å². The maximum absolute atomic E-state index is 10.5. The van der Waals surface area contributed by atoms with Crippen molar-refractivity contribution in [2.24, 2.45) is 4.99 Å². The Morgan fingerprint density at radius 1 is 1.31 bits per heavy atom. The average molecular weight is 390 g/mol. The van der Waals surface area contributed by atoms with Crippen molar-refractivity contribution in [3.05, 3.63) is 54.1 Å². The topological polar surface area (TPSA) is 112 Å². The third kappa shape index (κ3) is 3.50. The summed E-state index contributed by atoms with van der Waals surface area (Å²) in [5, 5.41) is 25.0. The van der Waals surface area contributed by atoms with Crippen LogP contribution in [0.2, 0.25) is 0 Å². The zero-order valence-electron chi connectivity index (χ0n) is 16.5. The molecule has 4 aromatic heterocycles. The number of rotatable bonds is 5. The van der Waals surface area contributed by atoms with Gasteiger partial charge in [0.25, 0.3) is 0 Å². The van der Waals surface area contributed by atoms with E-state index in [0.29, 0.717) is 17.1 Å². The number of hydrogen-bond acceptors (Lipinski definition) is 6. The van der Waals surface area contributed by atoms with E-state index in [2.05, 4.69) is 25.0 Å². The number of aliphatic hydroxyl groups is 1. The Morgan fingerprint density at radius 3 is 2.90 bits per heavy atom. The molecular formula is C21H22N6O2. The molecule has 1 atom stereocenters. The van der Waals surface area contributed by atoms with Gasteiger partial charge in [0.1, 0.15) is 0 Å². The van der Waals surface area contributed by atoms with Gasteiger partial charge in [0.05, 0.1) is 41.3 Å². The summed E-state index contributed by atoms with van der Waals surface area (Å²) in [5.41, 5.74) is 4.73. The predicted molar refractivity (Wildman–Crippen MR) is 112 cm³/mol. The Morgan fingerprint density at radius 2 is 2.14 bits per heavy atom. The Hall–Kier alpha value is -3.52. The maximum Gasteiger partial charge on any atom is 0.198 e. The second kappa shape index (κ2) is 7.48. The zero-order valence-corrected chi connectivity index (χ0v) is 16.5. The Labute approximate surface area is 167 Å². The van der Waals surface area contributed by atoms with Gasteiger partial charge in [0.15, 0.2) is 11.7 Å². The third-order valence-electron chi connectivity index (χ3n) is 4.93. The summed E-state index contributed by atoms with van der Waals surface area (Å²) in [6, 6.07) is 5.51. The molecule has 0 unspecified atom stereocenters. The number of fused-ring (bicyclic) bond motifs is 1. The van der Waals surface area contributed by atoms with E-state index >= 15 is 0 Å². The molecule has 0 radical (unpaired) electrons. The fraction of sp³-hybridized carbons (Fsp3) is 0.238. The SMILES string of the molecule is CC(=Nc1ccn([C@@H](C)CO)n1)c1c(O)[nH]c2cnc(-c3cnccc3C)cc12. The summed E-state index contributed by atoms with van der Waals surface area (Å²) in [5.74, 6) is 0.542. The molecule has 0 fully saturated rings. The number of H-pyrrole nitrogens is 1. The Bertz CT molecular complexity index is 1210. The number of aliphatic imine (C=N–C) groups is 1. The summed E-state index contributed by atoms with van der Waals surface area (Å²) >= 11 is 0. The maximum atomic E-state index is 10.5. The number of aromatic hydroxyl groups is 1. The first kappa shape index (κ1) is 18.8. The number of pyridine rings is 2. The molecule has 0 amide bonds. The number of aliphatic hydroxyl groups excluding tert-OH is 1. The number of aromatic nitrogens is 5. The molecule has 0 saturated carbocycles. The van der Waals surface area contributed by atoms with Gasteiger partial charge in [-0.25, -0.2) is 4.99 Å². The molecule has 3 N–H and O–H groups in total. The van der Waals surface area contributed by atoms with Crippen LogP contribution in [0, 0.1) is 6.92 Å². The molecule has 0 aliphatic carbocycles. The van der Waals surface area contributed by atoms with Crippen LogP contribution in [-0.4, -0.2) is 47.3 Å². The van der Waals surface area contributed by atoms with Crippen LogP contribution in [0.5, 0.6) is 5.88 Å². The molecule has 0 aromatic carbocycles. The van der Waals surface area contributed by atoms with Crippen LogP contribution in [-0.2, 0) is 0 Å². The van der Waals surface area contributed by atoms with Gasteiger partial charge in [-0.05, 0) is 38.5 Å². The number of hydrogen-bond donors (Lipinski definition) is 3. The van der Waals surface area contributed by atoms with Crippen molar-refractivity contribution in [2.45, 2.75) is 26.8 Å². The first-order chi connectivity index (χ1) is 14.0. The van der Waals surface area contributed by atoms with E-state index in [4.69, 9.17) is 0 Å². The highest BCUT2D eigenvalue weighted by atomic mass is 16.3. The van der Waals surface area contributed by atoms with E-state index in [1.54, 1.807) is 35.5 Å². The highest BCUT2D eigenvalue weighted by Gasteiger charge is 2.16. The Balaban J connectivity index is 1.78. The lowest BCUT2D eigenvalue weighted by atomic mass is 10.0. The standard InChI is InChI=1S/C21H22N6O2/c1-12-4-6-22-9-16(12)17-8-15-18(10-23-17)25-21(29)20(15)14(3)24-19-5-7-27(26-19)13(2)11-28/h4-10,13,25,28-29H,11H2,1-3H3/t13-/m0/s1. The molecule has 8 heteroatoms. The van der Waals surface area contributed by atoms with Crippen LogP contribution in [0.4, 0.5) is 5.82 Å². The van der Waals surface area contributed by atoms with Crippen molar-refractivity contribution in [3.8, 4) is 17.1 Å². The van der Waals surface area contributed by atoms with Crippen molar-refractivity contribution < 1.29 is 10.2 Å². The van der Waals surface area contributed by atoms with E-state index in [1.807, 2.05) is 32.9 Å². The van der Waals surface area contributed by atoms with Crippen molar-refractivity contribution in [2.75, 3.05) is 6.61 Å². The number of nitrogens with zero attached hydrogens (tertiary/aromatic N) is 5. The number of aromatic amines is 1. The van der Waals surface area contributed by atoms with Crippen LogP contribution in [0.15, 0.2) is 48.0 Å². The highest BCUT2D eigenvalue weighted by Crippen LogP contribution is 2.31. The van der Waals surface area contributed by atoms with Crippen LogP contribution in [0.25, 0.3) is 22.2 Å². The second-order valence-corrected chi connectivity index (χ2v) is 7.04. The molecule has 0 bridgehead atoms. The minimum atomic E-state index is -0.128. The number of nitrogens with one attached hydrogen (secondary N) is 1. The van der Waals surface area contributed by atoms with Gasteiger partial charge in [-0.2, -0.15) is 5.10 Å². The zero-order chi connectivity index (χ0) is 20.5. The van der Waals surface area contributed by atoms with Crippen LogP contribution in [0.3, 0.4) is 0 Å². The van der Waals surface area contributed by atoms with E-state index in [1.165, 1.54) is 0 Å². The summed E-state index contributed by atoms with van der Waals surface area (Å²) in [7, 11) is 0. The summed E-state index contributed by atoms with van der Waals surface area (Å²) in [6.45, 7) is 5.70. The van der Waals surface area contributed by atoms with Crippen molar-refractivity contribution in [3.63, 3.8) is 0 Å². The molecule has 0 spiro atoms. The molecule has 0 aliphatic heterocycles. The van der Waals surface area contributed by atoms with Gasteiger partial charge < -0.3 is 15.2 Å². The first-order valence-corrected chi connectivity index (χ1v) is 9.31. The van der Waals surface area contributed by atoms with Crippen molar-refractivity contribution >= 4 is 22.4 Å². The molecule has 4 aromatic rings. The van der Waals surface area contributed by atoms with E-state index in [0.717, 1.165) is 27.7 Å². The molecule has 4 rings (SSSR count). The van der Waals surface area contributed by atoms with Crippen LogP contribution < -0.4 is 0 Å². The van der Waals surface area contributed by atoms with Crippen LogP contribution >= 0.6 is 0 Å². The van der Waals surface area contributed by atoms with E-state index in [9.17, 15) is 10.2 Å². The van der Waals surface area contributed by atoms with Crippen LogP contribution in [0.1, 0.15) is 31.0 Å². The average Bonchev–Trinajstić information content (AvgIpc) is 3.30. The van der Waals surface area contributed by atoms with Crippen molar-refractivity contribution in [1.82, 2.24) is 24.7 Å². The first-order valence-electron chi connectivity index (χ1n) is 9.31. The molecule has 29 heavy (non-hydrogen) atoms. The van der Waals surface area contributed by atoms with Gasteiger partial charge in [0.2, 0.25) is 0 Å². The lowest BCUT2D eigenvalue weighted by Crippen LogP contribution is -2.09. The Kier molecular flexibility index (Phi) is 4.85. The minimum Gasteiger partial charge on any atom is -0.494 e. The largest absolute Gasteiger partial charge is 0.494 e. The minimum absolute atomic E-state index is 0.00338. The lowest BCUT2D eigenvalue weighted by Gasteiger charge is -2.07. The fourth-order valence-corrected chi connectivity index (χ4v) is 3.27. The molecule has 0 saturated heterocycles. The smallest absolute Gasteiger partial charge is 0.198 e. The molecule has 148 valence electrons. The van der Waals surface area contributed by atoms with E-state index < -0.39 is 0 Å². The van der Waals surface area contributed by atoms with Crippen molar-refractivity contribution in [1.29, 1.82) is 0 Å². The molecule has 0 aliphatic rings. The molecule has 8 nitrogen and oxygen atoms in total. The summed E-state index contributed by atoms with van der Waals surface area (Å²) in [4.78, 5) is 16.2. The van der Waals surface area contributed by atoms with Gasteiger partial charge >= 0.3 is 0 Å². The number of aryl methyl sites for hydroxylation is 1. The lowest BCUT2D eigenvalue weighted by molar-refractivity contribution is 0.230. The van der Waals surface area contributed by atoms with Gasteiger partial charge in [-0.3, -0.25) is 14.6 Å². The molecular weight excluding hydrogens is 368 g/mol. The van der Waals surface area contributed by atoms with Gasteiger partial charge in [-0.1, -0.05) is 0 Å². The highest BCUT2D eigenvalue weighted by molar-refractivity contribution is 6.13. The normalized spacial score (nSPS) is 13.2.